The van der Waals surface area contributed by atoms with Crippen molar-refractivity contribution >= 4 is 35.0 Å². The average molecular weight is 328 g/mol. The second kappa shape index (κ2) is 8.54. The normalized spacial score (nSPS) is 15.7. The van der Waals surface area contributed by atoms with Gasteiger partial charge in [-0.25, -0.2) is 0 Å². The number of nitrogens with one attached hydrogen (secondary N) is 1. The molecule has 0 aliphatic heterocycles. The molecule has 0 heterocycles. The van der Waals surface area contributed by atoms with E-state index >= 15 is 0 Å². The summed E-state index contributed by atoms with van der Waals surface area (Å²) >= 11 is 7.98. The van der Waals surface area contributed by atoms with E-state index < -0.39 is 0 Å². The van der Waals surface area contributed by atoms with Crippen LogP contribution in [0.25, 0.3) is 0 Å². The molecular formula is C16H22ClNO2S. The highest BCUT2D eigenvalue weighted by Crippen LogP contribution is 2.29. The maximum absolute atomic E-state index is 11.9. The molecule has 0 radical (unpaired) electrons. The molecule has 3 nitrogen and oxygen atoms in total. The first kappa shape index (κ1) is 16.5. The summed E-state index contributed by atoms with van der Waals surface area (Å²) in [4.78, 5) is 11.9. The van der Waals surface area contributed by atoms with Crippen LogP contribution in [0.5, 0.6) is 5.75 Å². The van der Waals surface area contributed by atoms with Gasteiger partial charge in [-0.1, -0.05) is 30.9 Å². The molecular weight excluding hydrogens is 306 g/mol. The van der Waals surface area contributed by atoms with Gasteiger partial charge in [-0.05, 0) is 31.0 Å². The molecule has 1 aromatic carbocycles. The minimum atomic E-state index is 0.0412. The smallest absolute Gasteiger partial charge is 0.225 e. The second-order valence-corrected chi connectivity index (χ2v) is 7.09. The lowest BCUT2D eigenvalue weighted by atomic mass is 10.0. The summed E-state index contributed by atoms with van der Waals surface area (Å²) in [5.74, 6) is 1.54. The fourth-order valence-electron chi connectivity index (χ4n) is 2.52. The van der Waals surface area contributed by atoms with Gasteiger partial charge in [0.2, 0.25) is 5.91 Å². The summed E-state index contributed by atoms with van der Waals surface area (Å²) in [7, 11) is 1.57. The van der Waals surface area contributed by atoms with Gasteiger partial charge in [0.15, 0.2) is 0 Å². The lowest BCUT2D eigenvalue weighted by Crippen LogP contribution is -2.14. The van der Waals surface area contributed by atoms with Gasteiger partial charge in [-0.2, -0.15) is 11.8 Å². The summed E-state index contributed by atoms with van der Waals surface area (Å²) in [6.45, 7) is 0. The van der Waals surface area contributed by atoms with Crippen LogP contribution >= 0.6 is 23.4 Å². The molecule has 0 bridgehead atoms. The Bertz CT molecular complexity index is 475. The van der Waals surface area contributed by atoms with Crippen molar-refractivity contribution in [2.45, 2.75) is 43.8 Å². The Kier molecular flexibility index (Phi) is 6.71. The predicted molar refractivity (Wildman–Crippen MR) is 90.6 cm³/mol. The van der Waals surface area contributed by atoms with E-state index in [9.17, 15) is 4.79 Å². The number of amides is 1. The number of anilines is 1. The number of benzene rings is 1. The lowest BCUT2D eigenvalue weighted by Gasteiger charge is -2.20. The van der Waals surface area contributed by atoms with E-state index in [0.29, 0.717) is 22.9 Å². The standard InChI is InChI=1S/C16H22ClNO2S/c1-20-15-8-7-12(11-14(15)17)18-16(19)9-10-21-13-5-3-2-4-6-13/h7-8,11,13H,2-6,9-10H2,1H3,(H,18,19). The van der Waals surface area contributed by atoms with Crippen molar-refractivity contribution in [1.29, 1.82) is 0 Å². The van der Waals surface area contributed by atoms with Gasteiger partial charge in [0.1, 0.15) is 5.75 Å². The van der Waals surface area contributed by atoms with E-state index in [-0.39, 0.29) is 5.91 Å². The van der Waals surface area contributed by atoms with E-state index in [2.05, 4.69) is 5.32 Å². The summed E-state index contributed by atoms with van der Waals surface area (Å²) in [5, 5.41) is 4.14. The van der Waals surface area contributed by atoms with Crippen LogP contribution in [-0.2, 0) is 4.79 Å². The quantitative estimate of drug-likeness (QED) is 0.819. The summed E-state index contributed by atoms with van der Waals surface area (Å²) < 4.78 is 5.09. The molecule has 0 atom stereocenters. The largest absolute Gasteiger partial charge is 0.495 e. The third kappa shape index (κ3) is 5.44. The van der Waals surface area contributed by atoms with Crippen molar-refractivity contribution in [3.05, 3.63) is 23.2 Å². The Labute approximate surface area is 135 Å². The molecule has 1 saturated carbocycles. The Morgan fingerprint density at radius 3 is 2.81 bits per heavy atom. The fourth-order valence-corrected chi connectivity index (χ4v) is 4.08. The van der Waals surface area contributed by atoms with Crippen molar-refractivity contribution in [1.82, 2.24) is 0 Å². The molecule has 21 heavy (non-hydrogen) atoms. The van der Waals surface area contributed by atoms with Crippen LogP contribution in [0.3, 0.4) is 0 Å². The first-order valence-corrected chi connectivity index (χ1v) is 8.86. The zero-order valence-corrected chi connectivity index (χ0v) is 13.9. The number of ether oxygens (including phenoxy) is 1. The van der Waals surface area contributed by atoms with Gasteiger partial charge >= 0.3 is 0 Å². The highest BCUT2D eigenvalue weighted by atomic mass is 35.5. The number of methoxy groups -OCH3 is 1. The number of thioether (sulfide) groups is 1. The van der Waals surface area contributed by atoms with Crippen molar-refractivity contribution in [2.24, 2.45) is 0 Å². The molecule has 0 spiro atoms. The van der Waals surface area contributed by atoms with Crippen LogP contribution in [0.1, 0.15) is 38.5 Å². The van der Waals surface area contributed by atoms with Gasteiger partial charge < -0.3 is 10.1 Å². The minimum Gasteiger partial charge on any atom is -0.495 e. The van der Waals surface area contributed by atoms with Gasteiger partial charge in [0, 0.05) is 23.1 Å². The van der Waals surface area contributed by atoms with E-state index in [0.717, 1.165) is 11.0 Å². The van der Waals surface area contributed by atoms with Crippen molar-refractivity contribution in [3.8, 4) is 5.75 Å². The third-order valence-corrected chi connectivity index (χ3v) is 5.35. The van der Waals surface area contributed by atoms with Gasteiger partial charge in [0.05, 0.1) is 12.1 Å². The van der Waals surface area contributed by atoms with Crippen LogP contribution < -0.4 is 10.1 Å². The maximum Gasteiger partial charge on any atom is 0.225 e. The van der Waals surface area contributed by atoms with Crippen LogP contribution in [0, 0.1) is 0 Å². The SMILES string of the molecule is COc1ccc(NC(=O)CCSC2CCCCC2)cc1Cl. The van der Waals surface area contributed by atoms with E-state index in [4.69, 9.17) is 16.3 Å². The highest BCUT2D eigenvalue weighted by Gasteiger charge is 2.14. The van der Waals surface area contributed by atoms with Gasteiger partial charge in [0.25, 0.3) is 0 Å². The number of hydrogen-bond donors (Lipinski definition) is 1. The fraction of sp³-hybridized carbons (Fsp3) is 0.562. The minimum absolute atomic E-state index is 0.0412. The monoisotopic (exact) mass is 327 g/mol. The molecule has 1 fully saturated rings. The van der Waals surface area contributed by atoms with E-state index in [1.54, 1.807) is 25.3 Å². The molecule has 0 saturated heterocycles. The topological polar surface area (TPSA) is 38.3 Å². The molecule has 1 aromatic rings. The van der Waals surface area contributed by atoms with Gasteiger partial charge in [-0.3, -0.25) is 4.79 Å². The Hall–Kier alpha value is -0.870. The van der Waals surface area contributed by atoms with Crippen molar-refractivity contribution in [2.75, 3.05) is 18.2 Å². The van der Waals surface area contributed by atoms with Crippen molar-refractivity contribution in [3.63, 3.8) is 0 Å². The average Bonchev–Trinajstić information content (AvgIpc) is 2.48. The van der Waals surface area contributed by atoms with Crippen LogP contribution in [-0.4, -0.2) is 24.0 Å². The number of halogens is 1. The molecule has 1 aliphatic rings. The second-order valence-electron chi connectivity index (χ2n) is 5.28. The first-order valence-electron chi connectivity index (χ1n) is 7.44. The number of rotatable bonds is 6. The summed E-state index contributed by atoms with van der Waals surface area (Å²) in [5.41, 5.74) is 0.716. The molecule has 116 valence electrons. The third-order valence-electron chi connectivity index (χ3n) is 3.67. The predicted octanol–water partition coefficient (Wildman–Crippen LogP) is 4.74. The summed E-state index contributed by atoms with van der Waals surface area (Å²) in [6, 6.07) is 5.28. The molecule has 0 aromatic heterocycles. The number of carbonyl (C=O) groups is 1. The van der Waals surface area contributed by atoms with Crippen LogP contribution in [0.4, 0.5) is 5.69 Å². The molecule has 1 N–H and O–H groups in total. The lowest BCUT2D eigenvalue weighted by molar-refractivity contribution is -0.115. The molecule has 5 heteroatoms. The number of carbonyl (C=O) groups excluding carboxylic acids is 1. The zero-order chi connectivity index (χ0) is 15.1. The van der Waals surface area contributed by atoms with E-state index in [1.165, 1.54) is 32.1 Å². The Balaban J connectivity index is 1.72. The van der Waals surface area contributed by atoms with Crippen molar-refractivity contribution < 1.29 is 9.53 Å². The van der Waals surface area contributed by atoms with Crippen LogP contribution in [0.15, 0.2) is 18.2 Å². The van der Waals surface area contributed by atoms with E-state index in [1.807, 2.05) is 11.8 Å². The Morgan fingerprint density at radius 1 is 1.38 bits per heavy atom. The molecule has 1 aliphatic carbocycles. The molecule has 2 rings (SSSR count). The number of hydrogen-bond acceptors (Lipinski definition) is 3. The first-order chi connectivity index (χ1) is 10.2. The Morgan fingerprint density at radius 2 is 2.14 bits per heavy atom. The molecule has 0 unspecified atom stereocenters. The zero-order valence-electron chi connectivity index (χ0n) is 12.4. The summed E-state index contributed by atoms with van der Waals surface area (Å²) in [6.07, 6.45) is 7.21. The molecule has 1 amide bonds. The highest BCUT2D eigenvalue weighted by molar-refractivity contribution is 7.99. The maximum atomic E-state index is 11.9. The van der Waals surface area contributed by atoms with Crippen LogP contribution in [0.2, 0.25) is 5.02 Å². The van der Waals surface area contributed by atoms with Gasteiger partial charge in [-0.15, -0.1) is 0 Å².